The van der Waals surface area contributed by atoms with Crippen molar-refractivity contribution in [3.8, 4) is 11.3 Å². The third kappa shape index (κ3) is 2.80. The number of aryl methyl sites for hydroxylation is 2. The predicted octanol–water partition coefficient (Wildman–Crippen LogP) is 2.99. The van der Waals surface area contributed by atoms with E-state index in [1.807, 2.05) is 31.2 Å². The van der Waals surface area contributed by atoms with Gasteiger partial charge in [-0.15, -0.1) is 0 Å². The second kappa shape index (κ2) is 6.66. The molecule has 3 heterocycles. The van der Waals surface area contributed by atoms with Crippen LogP contribution < -0.4 is 10.9 Å². The fourth-order valence-electron chi connectivity index (χ4n) is 3.71. The Morgan fingerprint density at radius 1 is 1.07 bits per heavy atom. The summed E-state index contributed by atoms with van der Waals surface area (Å²) in [5, 5.41) is 22.1. The van der Waals surface area contributed by atoms with E-state index in [2.05, 4.69) is 62.2 Å². The molecule has 0 saturated heterocycles. The number of hydrogen-bond donors (Lipinski definition) is 2. The highest BCUT2D eigenvalue weighted by Crippen LogP contribution is 2.40. The highest BCUT2D eigenvalue weighted by Gasteiger charge is 2.34. The van der Waals surface area contributed by atoms with Crippen LogP contribution in [0.15, 0.2) is 53.3 Å². The Balaban J connectivity index is 1.78. The fourth-order valence-corrected chi connectivity index (χ4v) is 3.71. The Morgan fingerprint density at radius 2 is 1.83 bits per heavy atom. The first kappa shape index (κ1) is 17.3. The zero-order valence-corrected chi connectivity index (χ0v) is 16.0. The maximum atomic E-state index is 12.7. The van der Waals surface area contributed by atoms with Crippen molar-refractivity contribution in [3.63, 3.8) is 0 Å². The lowest BCUT2D eigenvalue weighted by Gasteiger charge is -2.28. The van der Waals surface area contributed by atoms with Gasteiger partial charge in [-0.2, -0.15) is 9.78 Å². The summed E-state index contributed by atoms with van der Waals surface area (Å²) >= 11 is 0. The molecule has 1 aliphatic heterocycles. The minimum Gasteiger partial charge on any atom is -0.318 e. The van der Waals surface area contributed by atoms with Crippen LogP contribution in [0.3, 0.4) is 0 Å². The monoisotopic (exact) mass is 385 g/mol. The van der Waals surface area contributed by atoms with Gasteiger partial charge < -0.3 is 5.32 Å². The number of tetrazole rings is 1. The lowest BCUT2D eigenvalue weighted by Crippen LogP contribution is -2.29. The molecular formula is C21H19N7O. The molecule has 0 radical (unpaired) electrons. The Labute approximate surface area is 166 Å². The van der Waals surface area contributed by atoms with E-state index in [1.165, 1.54) is 5.56 Å². The van der Waals surface area contributed by atoms with Crippen LogP contribution in [-0.2, 0) is 6.42 Å². The summed E-state index contributed by atoms with van der Waals surface area (Å²) in [5.74, 6) is 0.425. The van der Waals surface area contributed by atoms with Crippen LogP contribution in [0.5, 0.6) is 0 Å². The molecular weight excluding hydrogens is 366 g/mol. The zero-order valence-electron chi connectivity index (χ0n) is 16.0. The summed E-state index contributed by atoms with van der Waals surface area (Å²) in [6.07, 6.45) is 0.953. The van der Waals surface area contributed by atoms with Gasteiger partial charge in [-0.3, -0.25) is 4.79 Å². The number of aromatic nitrogens is 6. The van der Waals surface area contributed by atoms with E-state index in [-0.39, 0.29) is 11.6 Å². The average molecular weight is 385 g/mol. The van der Waals surface area contributed by atoms with Crippen LogP contribution in [0, 0.1) is 6.92 Å². The number of aromatic amines is 1. The number of H-pyrrole nitrogens is 1. The Hall–Kier alpha value is -3.81. The van der Waals surface area contributed by atoms with E-state index >= 15 is 0 Å². The third-order valence-corrected chi connectivity index (χ3v) is 5.30. The molecule has 8 nitrogen and oxygen atoms in total. The van der Waals surface area contributed by atoms with Crippen LogP contribution >= 0.6 is 0 Å². The summed E-state index contributed by atoms with van der Waals surface area (Å²) in [7, 11) is 0. The molecule has 0 spiro atoms. The van der Waals surface area contributed by atoms with E-state index in [0.717, 1.165) is 28.7 Å². The number of benzene rings is 2. The highest BCUT2D eigenvalue weighted by molar-refractivity contribution is 5.75. The van der Waals surface area contributed by atoms with Gasteiger partial charge in [0.2, 0.25) is 5.95 Å². The van der Waals surface area contributed by atoms with Crippen molar-refractivity contribution < 1.29 is 0 Å². The maximum Gasteiger partial charge on any atom is 0.288 e. The van der Waals surface area contributed by atoms with E-state index in [9.17, 15) is 4.79 Å². The predicted molar refractivity (Wildman–Crippen MR) is 109 cm³/mol. The second-order valence-corrected chi connectivity index (χ2v) is 7.13. The van der Waals surface area contributed by atoms with Crippen molar-refractivity contribution >= 4 is 11.6 Å². The van der Waals surface area contributed by atoms with Gasteiger partial charge >= 0.3 is 0 Å². The Bertz CT molecular complexity index is 1240. The zero-order chi connectivity index (χ0) is 20.0. The first-order chi connectivity index (χ1) is 14.2. The van der Waals surface area contributed by atoms with E-state index < -0.39 is 0 Å². The van der Waals surface area contributed by atoms with E-state index in [1.54, 1.807) is 4.68 Å². The number of fused-ring (bicyclic) bond motifs is 2. The Morgan fingerprint density at radius 3 is 2.55 bits per heavy atom. The first-order valence-corrected chi connectivity index (χ1v) is 9.49. The summed E-state index contributed by atoms with van der Waals surface area (Å²) < 4.78 is 1.70. The lowest BCUT2D eigenvalue weighted by molar-refractivity contribution is 0.567. The number of nitrogens with zero attached hydrogens (tertiary/aromatic N) is 5. The molecule has 2 aromatic carbocycles. The van der Waals surface area contributed by atoms with Crippen molar-refractivity contribution in [2.45, 2.75) is 26.3 Å². The van der Waals surface area contributed by atoms with Gasteiger partial charge in [-0.1, -0.05) is 66.1 Å². The number of nitrogens with one attached hydrogen (secondary N) is 2. The van der Waals surface area contributed by atoms with Gasteiger partial charge in [0, 0.05) is 11.1 Å². The van der Waals surface area contributed by atoms with Crippen molar-refractivity contribution in [2.24, 2.45) is 0 Å². The molecule has 1 aliphatic rings. The average Bonchev–Trinajstić information content (AvgIpc) is 3.22. The molecule has 4 aromatic rings. The van der Waals surface area contributed by atoms with Crippen LogP contribution in [0.2, 0.25) is 0 Å². The molecule has 29 heavy (non-hydrogen) atoms. The molecule has 2 aromatic heterocycles. The fraction of sp³-hybridized carbons (Fsp3) is 0.190. The normalized spacial score (nSPS) is 14.8. The molecule has 2 N–H and O–H groups in total. The smallest absolute Gasteiger partial charge is 0.288 e. The standard InChI is InChI=1S/C21H19N7O/c1-3-13-6-10-15(11-7-13)19-16-17(14-8-4-12(2)5-9-14)23-24-20(29)18(16)22-21-25-26-27-28(19)21/h4-11,19H,3H2,1-2H3,(H,24,29)(H,22,25,27). The summed E-state index contributed by atoms with van der Waals surface area (Å²) in [4.78, 5) is 12.7. The molecule has 1 atom stereocenters. The van der Waals surface area contributed by atoms with Gasteiger partial charge in [0.05, 0.1) is 5.69 Å². The van der Waals surface area contributed by atoms with Crippen LogP contribution in [-0.4, -0.2) is 30.4 Å². The molecule has 0 bridgehead atoms. The van der Waals surface area contributed by atoms with Gasteiger partial charge in [0.1, 0.15) is 11.7 Å². The minimum absolute atomic E-state index is 0.305. The first-order valence-electron chi connectivity index (χ1n) is 9.49. The minimum atomic E-state index is -0.367. The highest BCUT2D eigenvalue weighted by atomic mass is 16.1. The molecule has 0 aliphatic carbocycles. The number of hydrogen-bond acceptors (Lipinski definition) is 6. The maximum absolute atomic E-state index is 12.7. The molecule has 8 heteroatoms. The number of anilines is 2. The molecule has 0 saturated carbocycles. The number of rotatable bonds is 3. The summed E-state index contributed by atoms with van der Waals surface area (Å²) in [6, 6.07) is 16.0. The SMILES string of the molecule is CCc1ccc(C2c3c(-c4ccc(C)cc4)n[nH]c(=O)c3Nc3nnnn32)cc1. The van der Waals surface area contributed by atoms with Crippen LogP contribution in [0.25, 0.3) is 11.3 Å². The quantitative estimate of drug-likeness (QED) is 0.495. The van der Waals surface area contributed by atoms with Gasteiger partial charge in [0.15, 0.2) is 0 Å². The summed E-state index contributed by atoms with van der Waals surface area (Å²) in [6.45, 7) is 4.15. The summed E-state index contributed by atoms with van der Waals surface area (Å²) in [5.41, 5.74) is 5.85. The lowest BCUT2D eigenvalue weighted by atomic mass is 9.91. The van der Waals surface area contributed by atoms with Crippen molar-refractivity contribution in [3.05, 3.63) is 81.1 Å². The molecule has 144 valence electrons. The van der Waals surface area contributed by atoms with Crippen LogP contribution in [0.4, 0.5) is 11.6 Å². The van der Waals surface area contributed by atoms with E-state index in [4.69, 9.17) is 0 Å². The molecule has 0 fully saturated rings. The van der Waals surface area contributed by atoms with Gasteiger partial charge in [0.25, 0.3) is 5.56 Å². The second-order valence-electron chi connectivity index (χ2n) is 7.13. The largest absolute Gasteiger partial charge is 0.318 e. The molecule has 0 amide bonds. The molecule has 1 unspecified atom stereocenters. The molecule has 5 rings (SSSR count). The van der Waals surface area contributed by atoms with Gasteiger partial charge in [-0.25, -0.2) is 5.10 Å². The van der Waals surface area contributed by atoms with Crippen molar-refractivity contribution in [1.29, 1.82) is 0 Å². The Kier molecular flexibility index (Phi) is 3.97. The third-order valence-electron chi connectivity index (χ3n) is 5.30. The van der Waals surface area contributed by atoms with E-state index in [0.29, 0.717) is 17.3 Å². The van der Waals surface area contributed by atoms with Crippen molar-refractivity contribution in [1.82, 2.24) is 30.4 Å². The van der Waals surface area contributed by atoms with Crippen molar-refractivity contribution in [2.75, 3.05) is 5.32 Å². The van der Waals surface area contributed by atoms with Gasteiger partial charge in [-0.05, 0) is 34.9 Å². The van der Waals surface area contributed by atoms with Crippen LogP contribution in [0.1, 0.15) is 35.2 Å². The topological polar surface area (TPSA) is 101 Å².